The van der Waals surface area contributed by atoms with Gasteiger partial charge in [0.15, 0.2) is 6.10 Å². The van der Waals surface area contributed by atoms with Crippen LogP contribution in [0.25, 0.3) is 0 Å². The highest BCUT2D eigenvalue weighted by Crippen LogP contribution is 2.43. The Labute approximate surface area is 338 Å². The molecular weight excluding hydrogens is 713 g/mol. The molecule has 1 N–H and O–H groups in total. The maximum atomic E-state index is 12.6. The highest BCUT2D eigenvalue weighted by Gasteiger charge is 2.26. The van der Waals surface area contributed by atoms with Crippen molar-refractivity contribution in [1.82, 2.24) is 4.90 Å². The molecule has 0 heterocycles. The van der Waals surface area contributed by atoms with Gasteiger partial charge in [0.2, 0.25) is 0 Å². The minimum absolute atomic E-state index is 0.00635. The minimum atomic E-state index is -4.36. The van der Waals surface area contributed by atoms with Crippen LogP contribution in [0, 0.1) is 0 Å². The number of rotatable bonds is 42. The first-order chi connectivity index (χ1) is 26.7. The third kappa shape index (κ3) is 41.9. The van der Waals surface area contributed by atoms with Crippen LogP contribution in [-0.2, 0) is 32.7 Å². The SMILES string of the molecule is CCCCC/C=C\C/C=C\CCCCCCCC(=O)OC(COC(=O)CCCCCCCCCCCCCCCCCCC)COP(=O)(O)OCCN(C)C. The van der Waals surface area contributed by atoms with Gasteiger partial charge in [0, 0.05) is 19.4 Å². The monoisotopic (exact) mass is 800 g/mol. The topological polar surface area (TPSA) is 112 Å². The molecule has 0 aromatic heterocycles. The molecule has 9 nitrogen and oxygen atoms in total. The number of unbranched alkanes of at least 4 members (excludes halogenated alkanes) is 24. The third-order valence-electron chi connectivity index (χ3n) is 9.76. The molecule has 0 radical (unpaired) electrons. The maximum absolute atomic E-state index is 12.6. The van der Waals surface area contributed by atoms with E-state index < -0.39 is 26.5 Å². The Hall–Kier alpha value is -1.51. The Morgan fingerprint density at radius 1 is 0.564 bits per heavy atom. The van der Waals surface area contributed by atoms with Gasteiger partial charge in [0.25, 0.3) is 0 Å². The van der Waals surface area contributed by atoms with Gasteiger partial charge in [-0.2, -0.15) is 0 Å². The van der Waals surface area contributed by atoms with E-state index in [1.807, 2.05) is 19.0 Å². The van der Waals surface area contributed by atoms with E-state index in [2.05, 4.69) is 38.2 Å². The molecule has 2 unspecified atom stereocenters. The summed E-state index contributed by atoms with van der Waals surface area (Å²) in [4.78, 5) is 37.0. The fraction of sp³-hybridized carbons (Fsp3) is 0.867. The summed E-state index contributed by atoms with van der Waals surface area (Å²) in [6, 6.07) is 0. The Balaban J connectivity index is 4.26. The van der Waals surface area contributed by atoms with Crippen LogP contribution in [0.1, 0.15) is 206 Å². The van der Waals surface area contributed by atoms with Crippen LogP contribution in [-0.4, -0.2) is 68.3 Å². The highest BCUT2D eigenvalue weighted by atomic mass is 31.2. The second-order valence-corrected chi connectivity index (χ2v) is 17.0. The van der Waals surface area contributed by atoms with Crippen molar-refractivity contribution in [1.29, 1.82) is 0 Å². The van der Waals surface area contributed by atoms with Crippen LogP contribution in [0.2, 0.25) is 0 Å². The van der Waals surface area contributed by atoms with Gasteiger partial charge >= 0.3 is 19.8 Å². The van der Waals surface area contributed by atoms with Crippen LogP contribution in [0.5, 0.6) is 0 Å². The standard InChI is InChI=1S/C45H86NO8P/c1-5-7-9-11-13-15-17-19-21-22-24-25-27-29-31-33-35-37-44(47)51-41-43(42-53-55(49,50)52-40-39-46(3)4)54-45(48)38-36-34-32-30-28-26-23-20-18-16-14-12-10-8-6-2/h14,16,20,23,43H,5-13,15,17-19,21-22,24-42H2,1-4H3,(H,49,50)/b16-14-,23-20-. The predicted octanol–water partition coefficient (Wildman–Crippen LogP) is 13.0. The van der Waals surface area contributed by atoms with Crippen molar-refractivity contribution in [2.75, 3.05) is 40.5 Å². The van der Waals surface area contributed by atoms with Gasteiger partial charge in [-0.15, -0.1) is 0 Å². The number of carbonyl (C=O) groups is 2. The quantitative estimate of drug-likeness (QED) is 0.0279. The molecule has 55 heavy (non-hydrogen) atoms. The maximum Gasteiger partial charge on any atom is 0.472 e. The molecular formula is C45H86NO8P. The van der Waals surface area contributed by atoms with Gasteiger partial charge in [-0.3, -0.25) is 18.6 Å². The first-order valence-electron chi connectivity index (χ1n) is 22.6. The van der Waals surface area contributed by atoms with Crippen molar-refractivity contribution in [2.24, 2.45) is 0 Å². The Morgan fingerprint density at radius 2 is 0.982 bits per heavy atom. The zero-order valence-electron chi connectivity index (χ0n) is 36.1. The van der Waals surface area contributed by atoms with Crippen molar-refractivity contribution in [2.45, 2.75) is 213 Å². The van der Waals surface area contributed by atoms with Gasteiger partial charge in [-0.1, -0.05) is 173 Å². The number of hydrogen-bond donors (Lipinski definition) is 1. The second kappa shape index (κ2) is 40.7. The molecule has 324 valence electrons. The lowest BCUT2D eigenvalue weighted by atomic mass is 10.0. The molecule has 0 aromatic carbocycles. The molecule has 0 aliphatic carbocycles. The van der Waals surface area contributed by atoms with E-state index in [0.717, 1.165) is 57.8 Å². The summed E-state index contributed by atoms with van der Waals surface area (Å²) < 4.78 is 33.5. The van der Waals surface area contributed by atoms with Gasteiger partial charge in [-0.05, 0) is 59.0 Å². The Kier molecular flexibility index (Phi) is 39.6. The third-order valence-corrected chi connectivity index (χ3v) is 10.7. The van der Waals surface area contributed by atoms with Gasteiger partial charge in [0.1, 0.15) is 6.61 Å². The molecule has 0 aromatic rings. The molecule has 2 atom stereocenters. The van der Waals surface area contributed by atoms with Crippen molar-refractivity contribution in [3.8, 4) is 0 Å². The van der Waals surface area contributed by atoms with Gasteiger partial charge in [0.05, 0.1) is 13.2 Å². The average molecular weight is 800 g/mol. The number of nitrogens with zero attached hydrogens (tertiary/aromatic N) is 1. The zero-order valence-corrected chi connectivity index (χ0v) is 37.0. The number of phosphoric acid groups is 1. The second-order valence-electron chi connectivity index (χ2n) is 15.6. The largest absolute Gasteiger partial charge is 0.472 e. The number of phosphoric ester groups is 1. The molecule has 0 bridgehead atoms. The number of likely N-dealkylation sites (N-methyl/N-ethyl adjacent to an activating group) is 1. The molecule has 0 saturated heterocycles. The molecule has 0 amide bonds. The first-order valence-corrected chi connectivity index (χ1v) is 24.1. The van der Waals surface area contributed by atoms with Gasteiger partial charge < -0.3 is 19.3 Å². The number of allylic oxidation sites excluding steroid dienone is 4. The smallest absolute Gasteiger partial charge is 0.462 e. The van der Waals surface area contributed by atoms with Gasteiger partial charge in [-0.25, -0.2) is 4.57 Å². The van der Waals surface area contributed by atoms with Crippen LogP contribution >= 0.6 is 7.82 Å². The Bertz CT molecular complexity index is 973. The van der Waals surface area contributed by atoms with Crippen LogP contribution in [0.3, 0.4) is 0 Å². The van der Waals surface area contributed by atoms with E-state index in [1.54, 1.807) is 0 Å². The van der Waals surface area contributed by atoms with E-state index >= 15 is 0 Å². The average Bonchev–Trinajstić information content (AvgIpc) is 3.15. The highest BCUT2D eigenvalue weighted by molar-refractivity contribution is 7.47. The molecule has 10 heteroatoms. The first kappa shape index (κ1) is 53.5. The molecule has 0 saturated carbocycles. The van der Waals surface area contributed by atoms with E-state index in [0.29, 0.717) is 13.0 Å². The lowest BCUT2D eigenvalue weighted by Gasteiger charge is -2.20. The summed E-state index contributed by atoms with van der Waals surface area (Å²) in [6.45, 7) is 4.30. The number of esters is 2. The molecule has 0 spiro atoms. The minimum Gasteiger partial charge on any atom is -0.462 e. The van der Waals surface area contributed by atoms with Crippen molar-refractivity contribution in [3.63, 3.8) is 0 Å². The van der Waals surface area contributed by atoms with Crippen molar-refractivity contribution < 1.29 is 37.6 Å². The summed E-state index contributed by atoms with van der Waals surface area (Å²) in [6.07, 6.45) is 42.2. The Morgan fingerprint density at radius 3 is 1.47 bits per heavy atom. The van der Waals surface area contributed by atoms with Crippen molar-refractivity contribution in [3.05, 3.63) is 24.3 Å². The molecule has 0 fully saturated rings. The van der Waals surface area contributed by atoms with E-state index in [1.165, 1.54) is 116 Å². The lowest BCUT2D eigenvalue weighted by molar-refractivity contribution is -0.161. The summed E-state index contributed by atoms with van der Waals surface area (Å²) in [7, 11) is -0.713. The molecule has 0 aliphatic rings. The normalized spacial score (nSPS) is 13.6. The van der Waals surface area contributed by atoms with Crippen LogP contribution < -0.4 is 0 Å². The number of ether oxygens (including phenoxy) is 2. The van der Waals surface area contributed by atoms with Crippen LogP contribution in [0.4, 0.5) is 0 Å². The fourth-order valence-corrected chi connectivity index (χ4v) is 6.99. The molecule has 0 aliphatic heterocycles. The molecule has 0 rings (SSSR count). The fourth-order valence-electron chi connectivity index (χ4n) is 6.25. The number of hydrogen-bond acceptors (Lipinski definition) is 8. The van der Waals surface area contributed by atoms with E-state index in [9.17, 15) is 19.0 Å². The van der Waals surface area contributed by atoms with Crippen LogP contribution in [0.15, 0.2) is 24.3 Å². The van der Waals surface area contributed by atoms with Crippen molar-refractivity contribution >= 4 is 19.8 Å². The summed E-state index contributed by atoms with van der Waals surface area (Å²) in [5.41, 5.74) is 0. The summed E-state index contributed by atoms with van der Waals surface area (Å²) >= 11 is 0. The summed E-state index contributed by atoms with van der Waals surface area (Å²) in [5.74, 6) is -0.810. The zero-order chi connectivity index (χ0) is 40.5. The van der Waals surface area contributed by atoms with E-state index in [-0.39, 0.29) is 32.0 Å². The van der Waals surface area contributed by atoms with E-state index in [4.69, 9.17) is 18.5 Å². The lowest BCUT2D eigenvalue weighted by Crippen LogP contribution is -2.29. The number of carbonyl (C=O) groups excluding carboxylic acids is 2. The summed E-state index contributed by atoms with van der Waals surface area (Å²) in [5, 5.41) is 0. The predicted molar refractivity (Wildman–Crippen MR) is 229 cm³/mol.